The van der Waals surface area contributed by atoms with Crippen LogP contribution in [0, 0.1) is 0 Å². The Bertz CT molecular complexity index is 373. The van der Waals surface area contributed by atoms with Crippen molar-refractivity contribution in [3.63, 3.8) is 0 Å². The number of ether oxygens (including phenoxy) is 1. The molecule has 4 heteroatoms. The first-order valence-corrected chi connectivity index (χ1v) is 6.13. The molecular weight excluding hydrogens is 230 g/mol. The summed E-state index contributed by atoms with van der Waals surface area (Å²) in [4.78, 5) is 12.7. The van der Waals surface area contributed by atoms with Crippen LogP contribution in [-0.4, -0.2) is 42.2 Å². The summed E-state index contributed by atoms with van der Waals surface area (Å²) in [6, 6.07) is 7.86. The zero-order chi connectivity index (χ0) is 13.5. The lowest BCUT2D eigenvalue weighted by atomic mass is 10.1. The Morgan fingerprint density at radius 3 is 2.44 bits per heavy atom. The molecule has 1 rings (SSSR count). The molecule has 1 amide bonds. The zero-order valence-corrected chi connectivity index (χ0v) is 11.2. The van der Waals surface area contributed by atoms with E-state index in [1.807, 2.05) is 38.1 Å². The van der Waals surface area contributed by atoms with Gasteiger partial charge in [0.25, 0.3) is 0 Å². The standard InChI is InChI=1S/C14H21NO3/c1-11(2)18-13-6-4-12(5-7-13)8-9-15(3)14(17)10-16/h4-7,11,16H,8-10H2,1-3H3. The monoisotopic (exact) mass is 251 g/mol. The minimum atomic E-state index is -0.433. The third-order valence-corrected chi connectivity index (χ3v) is 2.59. The Morgan fingerprint density at radius 1 is 1.33 bits per heavy atom. The average Bonchev–Trinajstić information content (AvgIpc) is 2.36. The summed E-state index contributed by atoms with van der Waals surface area (Å²) in [5.41, 5.74) is 1.14. The van der Waals surface area contributed by atoms with E-state index in [4.69, 9.17) is 9.84 Å². The van der Waals surface area contributed by atoms with Gasteiger partial charge in [-0.3, -0.25) is 4.79 Å². The first-order valence-electron chi connectivity index (χ1n) is 6.13. The van der Waals surface area contributed by atoms with Crippen molar-refractivity contribution in [2.75, 3.05) is 20.2 Å². The summed E-state index contributed by atoms with van der Waals surface area (Å²) in [5.74, 6) is 0.600. The van der Waals surface area contributed by atoms with Gasteiger partial charge < -0.3 is 14.7 Å². The highest BCUT2D eigenvalue weighted by atomic mass is 16.5. The molecule has 0 heterocycles. The first-order chi connectivity index (χ1) is 8.52. The van der Waals surface area contributed by atoms with E-state index in [0.717, 1.165) is 17.7 Å². The van der Waals surface area contributed by atoms with E-state index in [0.29, 0.717) is 6.54 Å². The minimum absolute atomic E-state index is 0.171. The number of carbonyl (C=O) groups excluding carboxylic acids is 1. The van der Waals surface area contributed by atoms with Crippen molar-refractivity contribution in [1.82, 2.24) is 4.90 Å². The third kappa shape index (κ3) is 4.75. The Labute approximate surface area is 108 Å². The van der Waals surface area contributed by atoms with E-state index in [1.165, 1.54) is 4.90 Å². The number of carbonyl (C=O) groups is 1. The molecule has 0 saturated heterocycles. The molecule has 0 unspecified atom stereocenters. The van der Waals surface area contributed by atoms with Crippen LogP contribution >= 0.6 is 0 Å². The summed E-state index contributed by atoms with van der Waals surface area (Å²) in [6.07, 6.45) is 0.939. The second kappa shape index (κ2) is 7.01. The van der Waals surface area contributed by atoms with E-state index in [1.54, 1.807) is 7.05 Å². The number of hydrogen-bond donors (Lipinski definition) is 1. The van der Waals surface area contributed by atoms with Crippen LogP contribution in [0.25, 0.3) is 0 Å². The Morgan fingerprint density at radius 2 is 1.94 bits per heavy atom. The van der Waals surface area contributed by atoms with E-state index in [2.05, 4.69) is 0 Å². The Balaban J connectivity index is 2.46. The van der Waals surface area contributed by atoms with Crippen LogP contribution < -0.4 is 4.74 Å². The molecule has 0 radical (unpaired) electrons. The molecule has 1 aromatic carbocycles. The number of likely N-dealkylation sites (N-methyl/N-ethyl adjacent to an activating group) is 1. The van der Waals surface area contributed by atoms with Crippen LogP contribution in [-0.2, 0) is 11.2 Å². The topological polar surface area (TPSA) is 49.8 Å². The van der Waals surface area contributed by atoms with Crippen molar-refractivity contribution < 1.29 is 14.6 Å². The predicted molar refractivity (Wildman–Crippen MR) is 70.6 cm³/mol. The van der Waals surface area contributed by atoms with Gasteiger partial charge in [-0.2, -0.15) is 0 Å². The van der Waals surface area contributed by atoms with Crippen molar-refractivity contribution in [2.24, 2.45) is 0 Å². The lowest BCUT2D eigenvalue weighted by molar-refractivity contribution is -0.132. The van der Waals surface area contributed by atoms with Gasteiger partial charge in [-0.1, -0.05) is 12.1 Å². The van der Waals surface area contributed by atoms with E-state index >= 15 is 0 Å². The predicted octanol–water partition coefficient (Wildman–Crippen LogP) is 1.47. The second-order valence-electron chi connectivity index (χ2n) is 4.53. The molecule has 0 aromatic heterocycles. The van der Waals surface area contributed by atoms with E-state index < -0.39 is 6.61 Å². The summed E-state index contributed by atoms with van der Waals surface area (Å²) in [7, 11) is 1.69. The summed E-state index contributed by atoms with van der Waals surface area (Å²) >= 11 is 0. The maximum Gasteiger partial charge on any atom is 0.248 e. The Hall–Kier alpha value is -1.55. The fourth-order valence-corrected chi connectivity index (χ4v) is 1.55. The van der Waals surface area contributed by atoms with Crippen LogP contribution in [0.3, 0.4) is 0 Å². The van der Waals surface area contributed by atoms with Crippen LogP contribution in [0.5, 0.6) is 5.75 Å². The summed E-state index contributed by atoms with van der Waals surface area (Å²) in [6.45, 7) is 4.15. The van der Waals surface area contributed by atoms with Gasteiger partial charge in [-0.25, -0.2) is 0 Å². The molecule has 0 bridgehead atoms. The Kier molecular flexibility index (Phi) is 5.65. The molecule has 0 atom stereocenters. The largest absolute Gasteiger partial charge is 0.491 e. The third-order valence-electron chi connectivity index (χ3n) is 2.59. The number of amides is 1. The van der Waals surface area contributed by atoms with Gasteiger partial charge >= 0.3 is 0 Å². The van der Waals surface area contributed by atoms with Crippen LogP contribution in [0.4, 0.5) is 0 Å². The van der Waals surface area contributed by atoms with Crippen LogP contribution in [0.1, 0.15) is 19.4 Å². The number of aliphatic hydroxyl groups is 1. The van der Waals surface area contributed by atoms with Crippen molar-refractivity contribution >= 4 is 5.91 Å². The molecule has 0 aliphatic rings. The zero-order valence-electron chi connectivity index (χ0n) is 11.2. The van der Waals surface area contributed by atoms with Crippen LogP contribution in [0.15, 0.2) is 24.3 Å². The highest BCUT2D eigenvalue weighted by Crippen LogP contribution is 2.14. The highest BCUT2D eigenvalue weighted by Gasteiger charge is 2.06. The van der Waals surface area contributed by atoms with E-state index in [9.17, 15) is 4.79 Å². The molecule has 0 saturated carbocycles. The van der Waals surface area contributed by atoms with Crippen molar-refractivity contribution in [3.8, 4) is 5.75 Å². The molecule has 4 nitrogen and oxygen atoms in total. The van der Waals surface area contributed by atoms with Crippen LogP contribution in [0.2, 0.25) is 0 Å². The number of rotatable bonds is 6. The molecule has 0 spiro atoms. The molecule has 100 valence electrons. The van der Waals surface area contributed by atoms with Gasteiger partial charge in [0, 0.05) is 13.6 Å². The molecule has 1 N–H and O–H groups in total. The van der Waals surface area contributed by atoms with Gasteiger partial charge in [0.1, 0.15) is 12.4 Å². The normalized spacial score (nSPS) is 10.5. The highest BCUT2D eigenvalue weighted by molar-refractivity contribution is 5.76. The fourth-order valence-electron chi connectivity index (χ4n) is 1.55. The lowest BCUT2D eigenvalue weighted by Gasteiger charge is -2.16. The quantitative estimate of drug-likeness (QED) is 0.833. The van der Waals surface area contributed by atoms with Gasteiger partial charge in [0.2, 0.25) is 5.91 Å². The maximum absolute atomic E-state index is 11.2. The SMILES string of the molecule is CC(C)Oc1ccc(CCN(C)C(=O)CO)cc1. The minimum Gasteiger partial charge on any atom is -0.491 e. The van der Waals surface area contributed by atoms with Crippen molar-refractivity contribution in [3.05, 3.63) is 29.8 Å². The number of aliphatic hydroxyl groups excluding tert-OH is 1. The second-order valence-corrected chi connectivity index (χ2v) is 4.53. The molecule has 0 fully saturated rings. The van der Waals surface area contributed by atoms with Gasteiger partial charge in [0.15, 0.2) is 0 Å². The molecule has 1 aromatic rings. The summed E-state index contributed by atoms with van der Waals surface area (Å²) in [5, 5.41) is 8.71. The summed E-state index contributed by atoms with van der Waals surface area (Å²) < 4.78 is 5.55. The lowest BCUT2D eigenvalue weighted by Crippen LogP contribution is -2.31. The number of benzene rings is 1. The van der Waals surface area contributed by atoms with E-state index in [-0.39, 0.29) is 12.0 Å². The first kappa shape index (κ1) is 14.5. The maximum atomic E-state index is 11.2. The fraction of sp³-hybridized carbons (Fsp3) is 0.500. The number of nitrogens with zero attached hydrogens (tertiary/aromatic N) is 1. The van der Waals surface area contributed by atoms with Gasteiger partial charge in [-0.05, 0) is 38.0 Å². The number of hydrogen-bond acceptors (Lipinski definition) is 3. The molecule has 0 aliphatic heterocycles. The smallest absolute Gasteiger partial charge is 0.248 e. The van der Waals surface area contributed by atoms with Crippen molar-refractivity contribution in [2.45, 2.75) is 26.4 Å². The van der Waals surface area contributed by atoms with Gasteiger partial charge in [0.05, 0.1) is 6.10 Å². The molecular formula is C14H21NO3. The van der Waals surface area contributed by atoms with Gasteiger partial charge in [-0.15, -0.1) is 0 Å². The average molecular weight is 251 g/mol. The molecule has 0 aliphatic carbocycles. The van der Waals surface area contributed by atoms with Crippen molar-refractivity contribution in [1.29, 1.82) is 0 Å². The molecule has 18 heavy (non-hydrogen) atoms.